The van der Waals surface area contributed by atoms with Gasteiger partial charge in [0.25, 0.3) is 5.56 Å². The van der Waals surface area contributed by atoms with Crippen molar-refractivity contribution in [3.63, 3.8) is 0 Å². The summed E-state index contributed by atoms with van der Waals surface area (Å²) in [5.74, 6) is 1.44. The first-order chi connectivity index (χ1) is 19.5. The van der Waals surface area contributed by atoms with E-state index < -0.39 is 0 Å². The summed E-state index contributed by atoms with van der Waals surface area (Å²) in [6.45, 7) is 11.9. The molecule has 0 bridgehead atoms. The van der Waals surface area contributed by atoms with Crippen LogP contribution in [0.5, 0.6) is 0 Å². The van der Waals surface area contributed by atoms with E-state index in [-0.39, 0.29) is 11.6 Å². The quantitative estimate of drug-likeness (QED) is 0.253. The van der Waals surface area contributed by atoms with Crippen LogP contribution in [0.1, 0.15) is 95.9 Å². The van der Waals surface area contributed by atoms with Crippen molar-refractivity contribution in [1.82, 2.24) is 24.3 Å². The van der Waals surface area contributed by atoms with E-state index in [1.807, 2.05) is 93.9 Å². The van der Waals surface area contributed by atoms with Crippen LogP contribution in [0.15, 0.2) is 65.5 Å². The predicted octanol–water partition coefficient (Wildman–Crippen LogP) is 7.73. The molecule has 0 saturated heterocycles. The Labute approximate surface area is 237 Å². The fourth-order valence-corrected chi connectivity index (χ4v) is 5.69. The molecule has 1 aliphatic rings. The zero-order valence-electron chi connectivity index (χ0n) is 24.7. The molecule has 0 radical (unpaired) electrons. The highest BCUT2D eigenvalue weighted by Crippen LogP contribution is 2.38. The minimum atomic E-state index is -0.268. The van der Waals surface area contributed by atoms with Crippen molar-refractivity contribution in [2.75, 3.05) is 5.73 Å². The first-order valence-corrected chi connectivity index (χ1v) is 14.8. The van der Waals surface area contributed by atoms with Crippen LogP contribution in [0.3, 0.4) is 0 Å². The van der Waals surface area contributed by atoms with E-state index in [0.717, 1.165) is 46.3 Å². The number of benzene rings is 2. The Hall–Kier alpha value is -4.00. The van der Waals surface area contributed by atoms with E-state index in [1.165, 1.54) is 19.3 Å². The lowest BCUT2D eigenvalue weighted by Crippen LogP contribution is -2.26. The molecule has 1 aliphatic carbocycles. The van der Waals surface area contributed by atoms with Gasteiger partial charge in [-0.15, -0.1) is 0 Å². The van der Waals surface area contributed by atoms with Crippen LogP contribution in [0.25, 0.3) is 27.5 Å². The van der Waals surface area contributed by atoms with Crippen molar-refractivity contribution in [3.8, 4) is 5.69 Å². The number of rotatable bonds is 4. The zero-order valence-corrected chi connectivity index (χ0v) is 24.7. The van der Waals surface area contributed by atoms with Crippen LogP contribution in [-0.2, 0) is 0 Å². The highest BCUT2D eigenvalue weighted by Gasteiger charge is 2.28. The second kappa shape index (κ2) is 12.9. The molecule has 210 valence electrons. The molecule has 7 nitrogen and oxygen atoms in total. The van der Waals surface area contributed by atoms with E-state index in [2.05, 4.69) is 18.0 Å². The van der Waals surface area contributed by atoms with E-state index >= 15 is 0 Å². The molecule has 3 heterocycles. The molecule has 2 N–H and O–H groups in total. The summed E-state index contributed by atoms with van der Waals surface area (Å²) in [6.07, 6.45) is 5.84. The van der Waals surface area contributed by atoms with Gasteiger partial charge in [-0.05, 0) is 56.3 Å². The van der Waals surface area contributed by atoms with Crippen LogP contribution >= 0.6 is 0 Å². The van der Waals surface area contributed by atoms with Gasteiger partial charge in [0.15, 0.2) is 5.65 Å². The van der Waals surface area contributed by atoms with Crippen LogP contribution in [0, 0.1) is 6.92 Å². The summed E-state index contributed by atoms with van der Waals surface area (Å²) in [7, 11) is 0. The Balaban J connectivity index is 0.000000886. The van der Waals surface area contributed by atoms with Crippen molar-refractivity contribution in [2.45, 2.75) is 85.6 Å². The largest absolute Gasteiger partial charge is 0.383 e. The number of anilines is 1. The molecule has 6 rings (SSSR count). The minimum Gasteiger partial charge on any atom is -0.383 e. The van der Waals surface area contributed by atoms with Gasteiger partial charge < -0.3 is 5.73 Å². The van der Waals surface area contributed by atoms with Gasteiger partial charge >= 0.3 is 0 Å². The molecule has 1 atom stereocenters. The minimum absolute atomic E-state index is 0.0459. The van der Waals surface area contributed by atoms with Crippen molar-refractivity contribution >= 4 is 27.6 Å². The number of para-hydroxylation sites is 1. The van der Waals surface area contributed by atoms with Gasteiger partial charge in [0, 0.05) is 17.0 Å². The standard InChI is InChI=1S/C29H30N6O.2C2H6/c1-18(24-17-21-13-9-10-16-23(21)29(36)34(24)22-14-7-4-8-15-22)35-28-25(27(30)31-19(2)32-28)26(33-35)20-11-5-3-6-12-20;2*1-2/h4,7-10,13-18,20H,3,5-6,11-12H2,1-2H3,(H2,30,31,32);2*1-2H3. The molecule has 3 aromatic heterocycles. The van der Waals surface area contributed by atoms with Crippen LogP contribution in [0.2, 0.25) is 0 Å². The molecule has 1 fully saturated rings. The van der Waals surface area contributed by atoms with Gasteiger partial charge in [0.1, 0.15) is 11.6 Å². The van der Waals surface area contributed by atoms with E-state index in [4.69, 9.17) is 15.8 Å². The number of hydrogen-bond acceptors (Lipinski definition) is 5. The molecule has 1 saturated carbocycles. The van der Waals surface area contributed by atoms with E-state index in [0.29, 0.717) is 22.9 Å². The number of aryl methyl sites for hydroxylation is 1. The predicted molar refractivity (Wildman–Crippen MR) is 166 cm³/mol. The first-order valence-electron chi connectivity index (χ1n) is 14.8. The van der Waals surface area contributed by atoms with Crippen molar-refractivity contribution in [2.24, 2.45) is 0 Å². The summed E-state index contributed by atoms with van der Waals surface area (Å²) < 4.78 is 3.76. The lowest BCUT2D eigenvalue weighted by atomic mass is 9.86. The molecule has 1 unspecified atom stereocenters. The van der Waals surface area contributed by atoms with Gasteiger partial charge in [0.2, 0.25) is 0 Å². The molecule has 2 aromatic carbocycles. The third-order valence-corrected chi connectivity index (χ3v) is 7.48. The van der Waals surface area contributed by atoms with Gasteiger partial charge in [-0.25, -0.2) is 14.6 Å². The summed E-state index contributed by atoms with van der Waals surface area (Å²) in [4.78, 5) is 23.1. The summed E-state index contributed by atoms with van der Waals surface area (Å²) in [5.41, 5.74) is 9.82. The van der Waals surface area contributed by atoms with Crippen molar-refractivity contribution in [1.29, 1.82) is 0 Å². The Kier molecular flexibility index (Phi) is 9.35. The third kappa shape index (κ3) is 5.37. The monoisotopic (exact) mass is 538 g/mol. The maximum absolute atomic E-state index is 13.8. The number of nitrogens with zero attached hydrogens (tertiary/aromatic N) is 5. The van der Waals surface area contributed by atoms with Crippen LogP contribution in [-0.4, -0.2) is 24.3 Å². The maximum Gasteiger partial charge on any atom is 0.263 e. The van der Waals surface area contributed by atoms with E-state index in [9.17, 15) is 4.79 Å². The van der Waals surface area contributed by atoms with Crippen LogP contribution in [0.4, 0.5) is 5.82 Å². The zero-order chi connectivity index (χ0) is 28.8. The molecule has 0 amide bonds. The molecule has 7 heteroatoms. The van der Waals surface area contributed by atoms with Gasteiger partial charge in [-0.2, -0.15) is 5.10 Å². The SMILES string of the molecule is CC.CC.Cc1nc(N)c2c(C3CCCCC3)nn(C(C)c3cc4ccccc4c(=O)n3-c3ccccc3)c2n1. The number of pyridine rings is 1. The fraction of sp³-hybridized carbons (Fsp3) is 0.394. The van der Waals surface area contributed by atoms with Gasteiger partial charge in [-0.1, -0.05) is 83.4 Å². The molecule has 0 spiro atoms. The Bertz CT molecular complexity index is 1630. The Morgan fingerprint density at radius 1 is 0.900 bits per heavy atom. The smallest absolute Gasteiger partial charge is 0.263 e. The Morgan fingerprint density at radius 2 is 1.55 bits per heavy atom. The molecular weight excluding hydrogens is 496 g/mol. The van der Waals surface area contributed by atoms with Gasteiger partial charge in [0.05, 0.1) is 22.8 Å². The van der Waals surface area contributed by atoms with E-state index in [1.54, 1.807) is 4.57 Å². The molecule has 5 aromatic rings. The molecule has 40 heavy (non-hydrogen) atoms. The van der Waals surface area contributed by atoms with Gasteiger partial charge in [-0.3, -0.25) is 9.36 Å². The molecule has 0 aliphatic heterocycles. The second-order valence-electron chi connectivity index (χ2n) is 9.83. The lowest BCUT2D eigenvalue weighted by molar-refractivity contribution is 0.430. The number of hydrogen-bond donors (Lipinski definition) is 1. The highest BCUT2D eigenvalue weighted by atomic mass is 16.1. The second-order valence-corrected chi connectivity index (χ2v) is 9.83. The number of aromatic nitrogens is 5. The topological polar surface area (TPSA) is 91.6 Å². The maximum atomic E-state index is 13.8. The summed E-state index contributed by atoms with van der Waals surface area (Å²) >= 11 is 0. The Morgan fingerprint density at radius 3 is 2.25 bits per heavy atom. The highest BCUT2D eigenvalue weighted by molar-refractivity contribution is 5.89. The fourth-order valence-electron chi connectivity index (χ4n) is 5.69. The normalized spacial score (nSPS) is 14.2. The van der Waals surface area contributed by atoms with Crippen molar-refractivity contribution < 1.29 is 0 Å². The summed E-state index contributed by atoms with van der Waals surface area (Å²) in [6, 6.07) is 19.4. The average Bonchev–Trinajstić information content (AvgIpc) is 3.39. The number of nitrogens with two attached hydrogens (primary N) is 1. The third-order valence-electron chi connectivity index (χ3n) is 7.48. The first kappa shape index (κ1) is 29.0. The molecular formula is C33H42N6O. The van der Waals surface area contributed by atoms with Crippen LogP contribution < -0.4 is 11.3 Å². The number of fused-ring (bicyclic) bond motifs is 2. The lowest BCUT2D eigenvalue weighted by Gasteiger charge is -2.21. The summed E-state index contributed by atoms with van der Waals surface area (Å²) in [5, 5.41) is 7.61. The van der Waals surface area contributed by atoms with Crippen molar-refractivity contribution in [3.05, 3.63) is 88.2 Å². The number of nitrogen functional groups attached to an aromatic ring is 1. The average molecular weight is 539 g/mol.